The molecule has 5 aliphatic heterocycles. The normalized spacial score (nSPS) is 32.6. The molecular weight excluding hydrogens is 869 g/mol. The first-order chi connectivity index (χ1) is 31.6. The Morgan fingerprint density at radius 2 is 1.48 bits per heavy atom. The molecule has 6 N–H and O–H groups in total. The van der Waals surface area contributed by atoms with Crippen LogP contribution in [0.1, 0.15) is 90.1 Å². The molecule has 2 unspecified atom stereocenters. The van der Waals surface area contributed by atoms with Crippen LogP contribution in [0.4, 0.5) is 11.4 Å². The van der Waals surface area contributed by atoms with Gasteiger partial charge in [0.05, 0.1) is 47.7 Å². The maximum Gasteiger partial charge on any atom is 0.312 e. The van der Waals surface area contributed by atoms with Crippen molar-refractivity contribution in [1.29, 1.82) is 0 Å². The van der Waals surface area contributed by atoms with E-state index in [2.05, 4.69) is 5.32 Å². The number of carbonyl (C=O) groups excluding carboxylic acids is 3. The molecule has 2 aromatic carbocycles. The molecule has 0 saturated carbocycles. The van der Waals surface area contributed by atoms with Crippen LogP contribution in [0.5, 0.6) is 23.0 Å². The van der Waals surface area contributed by atoms with E-state index in [1.54, 1.807) is 76.0 Å². The van der Waals surface area contributed by atoms with Crippen molar-refractivity contribution in [2.75, 3.05) is 57.9 Å². The third kappa shape index (κ3) is 10.4. The number of Topliss-reactive ketones (excluding diaryl/α,β-unsaturated/α-hetero) is 1. The molecule has 0 radical (unpaired) electrons. The van der Waals surface area contributed by atoms with Crippen molar-refractivity contribution >= 4 is 39.8 Å². The van der Waals surface area contributed by atoms with Crippen molar-refractivity contribution in [3.05, 3.63) is 47.3 Å². The van der Waals surface area contributed by atoms with Crippen molar-refractivity contribution in [3.8, 4) is 23.0 Å². The number of nitrogens with one attached hydrogen (secondary N) is 1. The number of nitrogens with zero attached hydrogens (tertiary/aromatic N) is 3. The topological polar surface area (TPSA) is 229 Å². The average Bonchev–Trinajstić information content (AvgIpc) is 4.06. The lowest BCUT2D eigenvalue weighted by atomic mass is 9.78. The van der Waals surface area contributed by atoms with Gasteiger partial charge >= 0.3 is 11.8 Å². The number of esters is 1. The highest BCUT2D eigenvalue weighted by atomic mass is 16.7. The van der Waals surface area contributed by atoms with Crippen LogP contribution in [-0.2, 0) is 33.3 Å². The number of hydrogen-bond donors (Lipinski definition) is 6. The lowest BCUT2D eigenvalue weighted by Gasteiger charge is -2.43. The fourth-order valence-electron chi connectivity index (χ4n) is 9.82. The number of hydrogen-bond acceptors (Lipinski definition) is 17. The Morgan fingerprint density at radius 3 is 2.03 bits per heavy atom. The minimum Gasteiger partial charge on any atom is -0.507 e. The average molecular weight is 939 g/mol. The first-order valence-electron chi connectivity index (χ1n) is 23.2. The first-order valence-corrected chi connectivity index (χ1v) is 23.2. The van der Waals surface area contributed by atoms with E-state index in [9.17, 15) is 39.9 Å². The number of benzene rings is 2. The molecule has 0 spiro atoms. The third-order valence-corrected chi connectivity index (χ3v) is 13.8. The maximum atomic E-state index is 14.9. The number of allylic oxidation sites excluding steroid dienone is 2. The number of rotatable bonds is 9. The molecule has 2 fully saturated rings. The Kier molecular flexibility index (Phi) is 16.2. The summed E-state index contributed by atoms with van der Waals surface area (Å²) in [4.78, 5) is 41.6. The van der Waals surface area contributed by atoms with E-state index in [4.69, 9.17) is 28.4 Å². The molecular formula is C49H70N4O14. The fraction of sp³-hybridized carbons (Fsp3) is 0.612. The number of hydrazine groups is 2. The highest BCUT2D eigenvalue weighted by molar-refractivity contribution is 6.23. The van der Waals surface area contributed by atoms with E-state index in [0.29, 0.717) is 26.3 Å². The molecule has 1 amide bonds. The number of phenolic OH excluding ortho intramolecular Hbond substituents is 3. The van der Waals surface area contributed by atoms with Gasteiger partial charge in [-0.05, 0) is 45.6 Å². The highest BCUT2D eigenvalue weighted by Gasteiger charge is 2.50. The smallest absolute Gasteiger partial charge is 0.312 e. The molecule has 370 valence electrons. The molecule has 11 atom stereocenters. The van der Waals surface area contributed by atoms with Gasteiger partial charge in [-0.1, -0.05) is 45.9 Å². The molecule has 5 aliphatic rings. The monoisotopic (exact) mass is 938 g/mol. The number of methoxy groups -OCH3 is 1. The zero-order chi connectivity index (χ0) is 49.2. The summed E-state index contributed by atoms with van der Waals surface area (Å²) in [5.41, 5.74) is -0.368. The van der Waals surface area contributed by atoms with Gasteiger partial charge in [0.15, 0.2) is 11.5 Å². The number of aliphatic hydroxyl groups excluding tert-OH is 2. The summed E-state index contributed by atoms with van der Waals surface area (Å²) < 4.78 is 36.0. The molecule has 5 bridgehead atoms. The van der Waals surface area contributed by atoms with Crippen LogP contribution in [0.2, 0.25) is 0 Å². The summed E-state index contributed by atoms with van der Waals surface area (Å²) in [6.07, 6.45) is 6.45. The van der Waals surface area contributed by atoms with E-state index >= 15 is 0 Å². The number of likely N-dealkylation sites (N-methyl/N-ethyl adjacent to an activating group) is 2. The summed E-state index contributed by atoms with van der Waals surface area (Å²) in [5.74, 6) is -8.50. The van der Waals surface area contributed by atoms with E-state index < -0.39 is 88.8 Å². The van der Waals surface area contributed by atoms with Crippen LogP contribution >= 0.6 is 0 Å². The second-order valence-electron chi connectivity index (χ2n) is 18.8. The van der Waals surface area contributed by atoms with Gasteiger partial charge in [0.25, 0.3) is 11.7 Å². The number of phenols is 3. The van der Waals surface area contributed by atoms with Crippen molar-refractivity contribution in [2.24, 2.45) is 23.7 Å². The Hall–Kier alpha value is -4.95. The minimum absolute atomic E-state index is 0.0483. The van der Waals surface area contributed by atoms with E-state index in [0.717, 1.165) is 25.7 Å². The number of amides is 1. The SMILES string of the molecule is CO[C@H]1/C=C/O[C@@]2(C)Oc3c(C)c(O)c4c(O)c(c(N(N(C)CC5CCCO5)N(C)CC5CCCO5)c(O)c4c3C2=O)NC(=O)/C(C)=C\C=C\[C@H](C)[C@H](O)[C@@H](C)[C@@H](O)[C@@H](C)[C@H](OC(C)=O)[C@@H]1C. The van der Waals surface area contributed by atoms with Crippen LogP contribution in [0.3, 0.4) is 0 Å². The van der Waals surface area contributed by atoms with Gasteiger partial charge in [-0.15, -0.1) is 0 Å². The summed E-state index contributed by atoms with van der Waals surface area (Å²) in [6.45, 7) is 14.4. The first kappa shape index (κ1) is 51.4. The van der Waals surface area contributed by atoms with Crippen LogP contribution in [0, 0.1) is 30.6 Å². The summed E-state index contributed by atoms with van der Waals surface area (Å²) >= 11 is 0. The summed E-state index contributed by atoms with van der Waals surface area (Å²) in [6, 6.07) is 0. The van der Waals surface area contributed by atoms with Gasteiger partial charge in [-0.3, -0.25) is 14.4 Å². The van der Waals surface area contributed by atoms with Gasteiger partial charge in [0.2, 0.25) is 0 Å². The molecule has 18 heteroatoms. The lowest BCUT2D eigenvalue weighted by molar-refractivity contribution is -0.160. The lowest BCUT2D eigenvalue weighted by Crippen LogP contribution is -2.54. The predicted molar refractivity (Wildman–Crippen MR) is 250 cm³/mol. The number of carbonyl (C=O) groups is 3. The molecule has 7 rings (SSSR count). The van der Waals surface area contributed by atoms with E-state index in [1.165, 1.54) is 46.3 Å². The van der Waals surface area contributed by atoms with Gasteiger partial charge < -0.3 is 59.3 Å². The van der Waals surface area contributed by atoms with E-state index in [1.807, 2.05) is 0 Å². The second-order valence-corrected chi connectivity index (χ2v) is 18.8. The molecule has 0 aromatic heterocycles. The summed E-state index contributed by atoms with van der Waals surface area (Å²) in [5, 5.41) is 67.8. The quantitative estimate of drug-likeness (QED) is 0.0777. The molecule has 0 aliphatic carbocycles. The highest BCUT2D eigenvalue weighted by Crippen LogP contribution is 2.58. The molecule has 2 saturated heterocycles. The molecule has 18 nitrogen and oxygen atoms in total. The maximum absolute atomic E-state index is 14.9. The van der Waals surface area contributed by atoms with Gasteiger partial charge in [-0.25, -0.2) is 15.1 Å². The van der Waals surface area contributed by atoms with E-state index in [-0.39, 0.29) is 56.8 Å². The Bertz CT molecular complexity index is 2230. The van der Waals surface area contributed by atoms with Gasteiger partial charge in [-0.2, -0.15) is 0 Å². The molecule has 67 heavy (non-hydrogen) atoms. The second kappa shape index (κ2) is 21.1. The number of fused-ring (bicyclic) bond motifs is 14. The zero-order valence-electron chi connectivity index (χ0n) is 40.6. The Morgan fingerprint density at radius 1 is 0.866 bits per heavy atom. The Labute approximate surface area is 392 Å². The van der Waals surface area contributed by atoms with Crippen LogP contribution < -0.4 is 15.2 Å². The largest absolute Gasteiger partial charge is 0.507 e. The van der Waals surface area contributed by atoms with Crippen molar-refractivity contribution < 1.29 is 68.3 Å². The molecule has 5 heterocycles. The zero-order valence-corrected chi connectivity index (χ0v) is 40.6. The van der Waals surface area contributed by atoms with Crippen LogP contribution in [0.15, 0.2) is 36.1 Å². The van der Waals surface area contributed by atoms with Crippen molar-refractivity contribution in [2.45, 2.75) is 123 Å². The number of ketones is 1. The Balaban J connectivity index is 1.58. The van der Waals surface area contributed by atoms with Gasteiger partial charge in [0, 0.05) is 102 Å². The van der Waals surface area contributed by atoms with Crippen molar-refractivity contribution in [1.82, 2.24) is 10.0 Å². The number of ether oxygens (including phenoxy) is 6. The summed E-state index contributed by atoms with van der Waals surface area (Å²) in [7, 11) is 4.99. The minimum atomic E-state index is -2.09. The number of anilines is 2. The fourth-order valence-corrected chi connectivity index (χ4v) is 9.82. The van der Waals surface area contributed by atoms with Gasteiger partial charge in [0.1, 0.15) is 29.0 Å². The number of aliphatic hydroxyl groups is 2. The van der Waals surface area contributed by atoms with Crippen LogP contribution in [-0.4, -0.2) is 143 Å². The number of aromatic hydroxyl groups is 3. The third-order valence-electron chi connectivity index (χ3n) is 13.8. The molecule has 2 aromatic rings. The van der Waals surface area contributed by atoms with Crippen LogP contribution in [0.25, 0.3) is 10.8 Å². The standard InChI is InChI=1S/C49H70N4O14/c1-25-15-12-16-26(2)48(61)50-38-39(53(51(9)23-32-17-13-20-63-32)52(10)24-33-18-14-21-64-33)44(59)35-36(43(38)58)42(57)30(6)46-37(35)47(60)49(8,67-46)65-22-19-34(62-11)27(3)45(66-31(7)54)29(5)41(56)28(4)40(25)55/h12,15-16,19,22,25,27-29,32-34,40-41,45,55-59H,13-14,17-18,20-21,23-24H2,1-11H3,(H,50,61)/b15-12+,22-19+,26-16-/t25-,27+,28+,29+,32?,33?,34-,40-,41+,45+,49-/m0/s1. The van der Waals surface area contributed by atoms with Crippen molar-refractivity contribution in [3.63, 3.8) is 0 Å². The predicted octanol–water partition coefficient (Wildman–Crippen LogP) is 5.61.